The summed E-state index contributed by atoms with van der Waals surface area (Å²) in [6.07, 6.45) is -2.82. The molecule has 0 saturated heterocycles. The summed E-state index contributed by atoms with van der Waals surface area (Å²) in [7, 11) is 0. The van der Waals surface area contributed by atoms with E-state index in [1.807, 2.05) is 6.92 Å². The summed E-state index contributed by atoms with van der Waals surface area (Å²) in [4.78, 5) is 15.3. The molecule has 9 heteroatoms. The second-order valence-electron chi connectivity index (χ2n) is 6.05. The van der Waals surface area contributed by atoms with Crippen LogP contribution in [0.4, 0.5) is 24.5 Å². The number of carboxylic acid groups (broad SMARTS) is 1. The zero-order chi connectivity index (χ0) is 20.3. The highest BCUT2D eigenvalue weighted by molar-refractivity contribution is 6.06. The number of carbonyl (C=O) groups is 1. The summed E-state index contributed by atoms with van der Waals surface area (Å²) >= 11 is 0. The number of anilines is 2. The molecule has 0 bridgehead atoms. The van der Waals surface area contributed by atoms with Gasteiger partial charge in [0.1, 0.15) is 11.3 Å². The van der Waals surface area contributed by atoms with Crippen molar-refractivity contribution in [3.63, 3.8) is 0 Å². The maximum absolute atomic E-state index is 13.3. The second-order valence-corrected chi connectivity index (χ2v) is 6.05. The van der Waals surface area contributed by atoms with Crippen molar-refractivity contribution in [1.82, 2.24) is 4.98 Å². The zero-order valence-corrected chi connectivity index (χ0v) is 16.1. The van der Waals surface area contributed by atoms with Crippen LogP contribution in [0.15, 0.2) is 48.7 Å². The standard InChI is InChI=1S/C20H17F3N2O3.ClH/c1-2-10-28-13-8-6-12(7-9-13)25-17-14-4-3-5-16(20(21,22)23)18(14)24-11-15(17)19(26)27;/h3-9,11H,2,10H2,1H3,(H,24,25)(H,26,27);1H. The van der Waals surface area contributed by atoms with E-state index in [1.54, 1.807) is 24.3 Å². The molecule has 3 aromatic rings. The number of ether oxygens (including phenoxy) is 1. The number of benzene rings is 2. The SMILES string of the molecule is CCCOc1ccc(Nc2c(C(=O)O)cnc3c(C(F)(F)F)cccc23)cc1.Cl. The predicted molar refractivity (Wildman–Crippen MR) is 106 cm³/mol. The lowest BCUT2D eigenvalue weighted by molar-refractivity contribution is -0.136. The molecular weight excluding hydrogens is 409 g/mol. The number of alkyl halides is 3. The van der Waals surface area contributed by atoms with Gasteiger partial charge in [-0.2, -0.15) is 13.2 Å². The Hall–Kier alpha value is -3.00. The molecule has 5 nitrogen and oxygen atoms in total. The zero-order valence-electron chi connectivity index (χ0n) is 15.3. The Labute approximate surface area is 170 Å². The van der Waals surface area contributed by atoms with Gasteiger partial charge in [0, 0.05) is 17.3 Å². The molecule has 0 spiro atoms. The Morgan fingerprint density at radius 3 is 2.45 bits per heavy atom. The van der Waals surface area contributed by atoms with Crippen molar-refractivity contribution in [1.29, 1.82) is 0 Å². The van der Waals surface area contributed by atoms with Gasteiger partial charge in [0.15, 0.2) is 0 Å². The fraction of sp³-hybridized carbons (Fsp3) is 0.200. The molecule has 0 saturated carbocycles. The van der Waals surface area contributed by atoms with Gasteiger partial charge in [-0.25, -0.2) is 4.79 Å². The normalized spacial score (nSPS) is 11.0. The number of pyridine rings is 1. The van der Waals surface area contributed by atoms with Crippen molar-refractivity contribution >= 4 is 40.7 Å². The van der Waals surface area contributed by atoms with E-state index in [4.69, 9.17) is 4.74 Å². The number of hydrogen-bond acceptors (Lipinski definition) is 4. The molecule has 3 rings (SSSR count). The predicted octanol–water partition coefficient (Wildman–Crippen LogP) is 5.91. The summed E-state index contributed by atoms with van der Waals surface area (Å²) in [5.41, 5.74) is -0.904. The lowest BCUT2D eigenvalue weighted by Gasteiger charge is -2.16. The molecule has 0 radical (unpaired) electrons. The van der Waals surface area contributed by atoms with Gasteiger partial charge in [0.05, 0.1) is 23.4 Å². The van der Waals surface area contributed by atoms with Crippen LogP contribution in [-0.4, -0.2) is 22.7 Å². The number of rotatable bonds is 6. The van der Waals surface area contributed by atoms with E-state index >= 15 is 0 Å². The second kappa shape index (κ2) is 9.00. The topological polar surface area (TPSA) is 71.5 Å². The van der Waals surface area contributed by atoms with Gasteiger partial charge in [0.25, 0.3) is 0 Å². The smallest absolute Gasteiger partial charge is 0.418 e. The van der Waals surface area contributed by atoms with Gasteiger partial charge in [-0.1, -0.05) is 19.1 Å². The molecule has 1 heterocycles. The van der Waals surface area contributed by atoms with Crippen LogP contribution in [0, 0.1) is 0 Å². The first kappa shape index (κ1) is 22.3. The first-order valence-electron chi connectivity index (χ1n) is 8.53. The highest BCUT2D eigenvalue weighted by atomic mass is 35.5. The number of halogens is 4. The van der Waals surface area contributed by atoms with Crippen LogP contribution in [0.5, 0.6) is 5.75 Å². The molecule has 154 valence electrons. The average Bonchev–Trinajstić information content (AvgIpc) is 2.66. The highest BCUT2D eigenvalue weighted by Crippen LogP contribution is 2.37. The Morgan fingerprint density at radius 1 is 1.17 bits per heavy atom. The number of fused-ring (bicyclic) bond motifs is 1. The average molecular weight is 427 g/mol. The lowest BCUT2D eigenvalue weighted by Crippen LogP contribution is -2.09. The number of hydrogen-bond donors (Lipinski definition) is 2. The molecule has 2 aromatic carbocycles. The minimum atomic E-state index is -4.60. The minimum absolute atomic E-state index is 0. The third-order valence-electron chi connectivity index (χ3n) is 4.03. The molecule has 0 aliphatic carbocycles. The monoisotopic (exact) mass is 426 g/mol. The number of para-hydroxylation sites is 1. The van der Waals surface area contributed by atoms with Gasteiger partial charge in [0.2, 0.25) is 0 Å². The summed E-state index contributed by atoms with van der Waals surface area (Å²) in [5, 5.41) is 12.4. The molecule has 0 aliphatic heterocycles. The van der Waals surface area contributed by atoms with Gasteiger partial charge in [-0.15, -0.1) is 12.4 Å². The van der Waals surface area contributed by atoms with Crippen LogP contribution in [0.1, 0.15) is 29.3 Å². The van der Waals surface area contributed by atoms with E-state index in [0.29, 0.717) is 18.0 Å². The highest BCUT2D eigenvalue weighted by Gasteiger charge is 2.34. The van der Waals surface area contributed by atoms with Crippen LogP contribution in [-0.2, 0) is 6.18 Å². The van der Waals surface area contributed by atoms with E-state index in [9.17, 15) is 23.1 Å². The minimum Gasteiger partial charge on any atom is -0.494 e. The Bertz CT molecular complexity index is 1010. The van der Waals surface area contributed by atoms with E-state index in [0.717, 1.165) is 18.7 Å². The van der Waals surface area contributed by atoms with Crippen molar-refractivity contribution in [2.24, 2.45) is 0 Å². The van der Waals surface area contributed by atoms with Gasteiger partial charge >= 0.3 is 12.1 Å². The largest absolute Gasteiger partial charge is 0.494 e. The van der Waals surface area contributed by atoms with Crippen molar-refractivity contribution < 1.29 is 27.8 Å². The maximum Gasteiger partial charge on any atom is 0.418 e. The van der Waals surface area contributed by atoms with Gasteiger partial charge in [-0.05, 0) is 36.8 Å². The molecule has 2 N–H and O–H groups in total. The van der Waals surface area contributed by atoms with Gasteiger partial charge in [-0.3, -0.25) is 4.98 Å². The van der Waals surface area contributed by atoms with Crippen molar-refractivity contribution in [2.75, 3.05) is 11.9 Å². The van der Waals surface area contributed by atoms with Crippen LogP contribution in [0.25, 0.3) is 10.9 Å². The number of nitrogens with zero attached hydrogens (tertiary/aromatic N) is 1. The van der Waals surface area contributed by atoms with E-state index in [1.165, 1.54) is 12.1 Å². The first-order valence-corrected chi connectivity index (χ1v) is 8.53. The van der Waals surface area contributed by atoms with Crippen LogP contribution < -0.4 is 10.1 Å². The van der Waals surface area contributed by atoms with E-state index < -0.39 is 17.7 Å². The molecule has 0 amide bonds. The Balaban J connectivity index is 0.00000300. The van der Waals surface area contributed by atoms with E-state index in [-0.39, 0.29) is 34.6 Å². The maximum atomic E-state index is 13.3. The molecule has 0 atom stereocenters. The third-order valence-corrected chi connectivity index (χ3v) is 4.03. The fourth-order valence-electron chi connectivity index (χ4n) is 2.75. The number of aromatic nitrogens is 1. The summed E-state index contributed by atoms with van der Waals surface area (Å²) < 4.78 is 45.4. The lowest BCUT2D eigenvalue weighted by atomic mass is 10.0. The number of nitrogens with one attached hydrogen (secondary N) is 1. The molecule has 0 fully saturated rings. The van der Waals surface area contributed by atoms with Crippen molar-refractivity contribution in [3.05, 3.63) is 59.8 Å². The quantitative estimate of drug-likeness (QED) is 0.513. The third kappa shape index (κ3) is 4.89. The van der Waals surface area contributed by atoms with E-state index in [2.05, 4.69) is 10.3 Å². The molecule has 29 heavy (non-hydrogen) atoms. The van der Waals surface area contributed by atoms with Crippen LogP contribution in [0.3, 0.4) is 0 Å². The first-order chi connectivity index (χ1) is 13.3. The Kier molecular flexibility index (Phi) is 6.92. The Morgan fingerprint density at radius 2 is 1.86 bits per heavy atom. The van der Waals surface area contributed by atoms with Crippen molar-refractivity contribution in [2.45, 2.75) is 19.5 Å². The molecular formula is C20H18ClF3N2O3. The number of carboxylic acids is 1. The van der Waals surface area contributed by atoms with Crippen LogP contribution in [0.2, 0.25) is 0 Å². The summed E-state index contributed by atoms with van der Waals surface area (Å²) in [5.74, 6) is -0.651. The van der Waals surface area contributed by atoms with Crippen LogP contribution >= 0.6 is 12.4 Å². The molecule has 1 aromatic heterocycles. The molecule has 0 aliphatic rings. The van der Waals surface area contributed by atoms with Crippen molar-refractivity contribution in [3.8, 4) is 5.75 Å². The fourth-order valence-corrected chi connectivity index (χ4v) is 2.75. The number of aromatic carboxylic acids is 1. The molecule has 0 unspecified atom stereocenters. The summed E-state index contributed by atoms with van der Waals surface area (Å²) in [6, 6.07) is 10.3. The van der Waals surface area contributed by atoms with Gasteiger partial charge < -0.3 is 15.2 Å². The summed E-state index contributed by atoms with van der Waals surface area (Å²) in [6.45, 7) is 2.54.